The molecule has 3 fully saturated rings. The fraction of sp³-hybridized carbons (Fsp3) is 0.804. The van der Waals surface area contributed by atoms with Crippen LogP contribution in [-0.4, -0.2) is 241 Å². The summed E-state index contributed by atoms with van der Waals surface area (Å²) in [6.45, 7) is 17.9. The molecule has 3 aliphatic rings. The smallest absolute Gasteiger partial charge is 0.325 e. The van der Waals surface area contributed by atoms with Gasteiger partial charge in [-0.25, -0.2) is 0 Å². The number of nitrogens with zero attached hydrogens (tertiary/aromatic N) is 1. The summed E-state index contributed by atoms with van der Waals surface area (Å²) in [5, 5.41) is 91.7. The zero-order valence-electron chi connectivity index (χ0n) is 48.6. The van der Waals surface area contributed by atoms with Gasteiger partial charge in [-0.05, 0) is 57.8 Å². The summed E-state index contributed by atoms with van der Waals surface area (Å²) in [6, 6.07) is -12.8. The molecule has 3 aliphatic heterocycles. The molecule has 82 heavy (non-hydrogen) atoms. The maximum atomic E-state index is 14.0. The molecule has 3 rings (SSSR count). The summed E-state index contributed by atoms with van der Waals surface area (Å²) in [6.07, 6.45) is -16.4. The quantitative estimate of drug-likeness (QED) is 0.0346. The molecule has 20 atom stereocenters. The van der Waals surface area contributed by atoms with E-state index in [9.17, 15) is 83.7 Å². The Hall–Kier alpha value is -5.74. The number of carboxylic acid groups (broad SMARTS) is 1. The van der Waals surface area contributed by atoms with E-state index in [-0.39, 0.29) is 13.0 Å². The average molecular weight is 1180 g/mol. The number of carbonyl (C=O) groups excluding carboxylic acids is 9. The Labute approximate surface area is 475 Å². The second kappa shape index (κ2) is 31.2. The lowest BCUT2D eigenvalue weighted by molar-refractivity contribution is -0.347. The first-order valence-corrected chi connectivity index (χ1v) is 27.3. The summed E-state index contributed by atoms with van der Waals surface area (Å²) >= 11 is 0. The SMILES string of the molecule is CC(=O)NC1[C@@H](OC(C)[C@H](N)C(=O)NC(C(=O)N2CC[C@H]2C(=O)NC(C)C(=O)N[C@@H](C)C(=O)NC(C(=O)N[C@H](C(=O)NC(C(=O)N[C@@H](C)C(=O)O)C(C)C)C(C)C)C(C)C)C(C)C)OC(CO)[C@H](O)[C@@H]1O[C@@H]1OC(CO)[C@H](O)C(O)[C@@H]1O. The van der Waals surface area contributed by atoms with Crippen molar-refractivity contribution >= 4 is 59.1 Å². The van der Waals surface area contributed by atoms with Crippen LogP contribution in [0.3, 0.4) is 0 Å². The molecule has 0 aromatic heterocycles. The number of aliphatic hydroxyl groups is 6. The number of aliphatic carboxylic acids is 1. The molecular formula is C51H88N10O21. The van der Waals surface area contributed by atoms with Gasteiger partial charge in [0.15, 0.2) is 12.6 Å². The van der Waals surface area contributed by atoms with Gasteiger partial charge in [-0.2, -0.15) is 0 Å². The van der Waals surface area contributed by atoms with E-state index in [0.29, 0.717) is 0 Å². The van der Waals surface area contributed by atoms with E-state index in [1.807, 2.05) is 0 Å². The van der Waals surface area contributed by atoms with Gasteiger partial charge in [0.05, 0.1) is 19.3 Å². The summed E-state index contributed by atoms with van der Waals surface area (Å²) in [5.41, 5.74) is 6.35. The Bertz CT molecular complexity index is 2240. The van der Waals surface area contributed by atoms with Crippen LogP contribution in [0.1, 0.15) is 96.4 Å². The molecule has 31 heteroatoms. The Morgan fingerprint density at radius 1 is 0.549 bits per heavy atom. The maximum Gasteiger partial charge on any atom is 0.325 e. The lowest BCUT2D eigenvalue weighted by Gasteiger charge is -2.48. The molecule has 0 radical (unpaired) electrons. The zero-order chi connectivity index (χ0) is 62.5. The van der Waals surface area contributed by atoms with Crippen LogP contribution in [0.25, 0.3) is 0 Å². The molecule has 0 saturated carbocycles. The molecule has 0 bridgehead atoms. The van der Waals surface area contributed by atoms with Gasteiger partial charge in [-0.15, -0.1) is 0 Å². The highest BCUT2D eigenvalue weighted by molar-refractivity contribution is 5.98. The largest absolute Gasteiger partial charge is 0.480 e. The third kappa shape index (κ3) is 18.4. The Balaban J connectivity index is 1.64. The highest BCUT2D eigenvalue weighted by Crippen LogP contribution is 2.31. The van der Waals surface area contributed by atoms with Gasteiger partial charge in [0.2, 0.25) is 53.2 Å². The predicted molar refractivity (Wildman–Crippen MR) is 284 cm³/mol. The molecule has 0 aromatic carbocycles. The molecule has 0 aromatic rings. The number of hydrogen-bond donors (Lipinski definition) is 16. The van der Waals surface area contributed by atoms with Gasteiger partial charge in [-0.3, -0.25) is 47.9 Å². The van der Waals surface area contributed by atoms with E-state index in [1.165, 1.54) is 32.6 Å². The van der Waals surface area contributed by atoms with Crippen molar-refractivity contribution < 1.29 is 103 Å². The number of aliphatic hydroxyl groups excluding tert-OH is 6. The number of nitrogens with two attached hydrogens (primary N) is 1. The Morgan fingerprint density at radius 2 is 0.976 bits per heavy atom. The van der Waals surface area contributed by atoms with E-state index in [4.69, 9.17) is 24.7 Å². The van der Waals surface area contributed by atoms with Crippen LogP contribution in [0, 0.1) is 23.7 Å². The van der Waals surface area contributed by atoms with Crippen molar-refractivity contribution in [2.24, 2.45) is 29.4 Å². The minimum atomic E-state index is -1.93. The minimum Gasteiger partial charge on any atom is -0.480 e. The number of carboxylic acids is 1. The van der Waals surface area contributed by atoms with Crippen molar-refractivity contribution in [1.82, 2.24) is 47.4 Å². The van der Waals surface area contributed by atoms with Gasteiger partial charge < -0.3 is 108 Å². The second-order valence-electron chi connectivity index (χ2n) is 22.4. The van der Waals surface area contributed by atoms with Crippen LogP contribution in [0.2, 0.25) is 0 Å². The molecule has 0 aliphatic carbocycles. The third-order valence-corrected chi connectivity index (χ3v) is 14.3. The van der Waals surface area contributed by atoms with Crippen LogP contribution >= 0.6 is 0 Å². The van der Waals surface area contributed by atoms with Gasteiger partial charge in [0.1, 0.15) is 103 Å². The van der Waals surface area contributed by atoms with Crippen molar-refractivity contribution in [3.63, 3.8) is 0 Å². The van der Waals surface area contributed by atoms with Crippen molar-refractivity contribution in [3.8, 4) is 0 Å². The number of nitrogens with one attached hydrogen (secondary N) is 8. The number of likely N-dealkylation sites (tertiary alicyclic amines) is 1. The molecule has 31 nitrogen and oxygen atoms in total. The molecule has 468 valence electrons. The van der Waals surface area contributed by atoms with Crippen LogP contribution in [0.4, 0.5) is 0 Å². The lowest BCUT2D eigenvalue weighted by Crippen LogP contribution is -2.68. The summed E-state index contributed by atoms with van der Waals surface area (Å²) in [5.74, 6) is -10.3. The number of hydrogen-bond acceptors (Lipinski definition) is 21. The minimum absolute atomic E-state index is 0.0872. The Kier molecular flexibility index (Phi) is 26.9. The highest BCUT2D eigenvalue weighted by atomic mass is 16.7. The standard InChI is InChI=1S/C51H88N10O21/c1-18(2)31(45(73)55-24(11)49(77)78)58-47(75)33(20(5)6)59-46(74)32(19(3)4)57-42(70)23(10)53-41(69)22(9)54-43(71)27-14-15-61(27)48(76)34(21(7)8)60-44(72)30(52)25(12)79-50-35(56-26(13)64)40(37(66)29(17-63)80-50)82-51-39(68)38(67)36(65)28(16-62)81-51/h18-25,27-40,50-51,62-63,65-68H,14-17,52H2,1-13H3,(H,53,69)(H,54,71)(H,55,73)(H,56,64)(H,57,70)(H,58,75)(H,59,74)(H,60,72)(H,77,78)/t22?,23-,24-,25?,27-,28?,29?,30-,31?,32?,33-,34?,35?,36-,37-,38?,39-,40+,50-,51-/m0/s1. The number of rotatable bonds is 28. The van der Waals surface area contributed by atoms with E-state index in [1.54, 1.807) is 55.4 Å². The van der Waals surface area contributed by atoms with Crippen LogP contribution in [-0.2, 0) is 66.9 Å². The maximum absolute atomic E-state index is 14.0. The fourth-order valence-electron chi connectivity index (χ4n) is 8.96. The first-order chi connectivity index (χ1) is 38.1. The van der Waals surface area contributed by atoms with Crippen molar-refractivity contribution in [3.05, 3.63) is 0 Å². The van der Waals surface area contributed by atoms with Gasteiger partial charge in [0, 0.05) is 13.5 Å². The molecule has 3 heterocycles. The van der Waals surface area contributed by atoms with E-state index in [2.05, 4.69) is 42.5 Å². The normalized spacial score (nSPS) is 27.9. The van der Waals surface area contributed by atoms with Gasteiger partial charge in [0.25, 0.3) is 0 Å². The van der Waals surface area contributed by atoms with Crippen LogP contribution in [0.5, 0.6) is 0 Å². The summed E-state index contributed by atoms with van der Waals surface area (Å²) in [7, 11) is 0. The summed E-state index contributed by atoms with van der Waals surface area (Å²) < 4.78 is 23.0. The predicted octanol–water partition coefficient (Wildman–Crippen LogP) is -6.75. The van der Waals surface area contributed by atoms with Crippen molar-refractivity contribution in [2.75, 3.05) is 19.8 Å². The van der Waals surface area contributed by atoms with Crippen molar-refractivity contribution in [1.29, 1.82) is 0 Å². The number of carbonyl (C=O) groups is 10. The van der Waals surface area contributed by atoms with Crippen molar-refractivity contribution in [2.45, 2.75) is 218 Å². The Morgan fingerprint density at radius 3 is 1.43 bits per heavy atom. The zero-order valence-corrected chi connectivity index (χ0v) is 48.6. The highest BCUT2D eigenvalue weighted by Gasteiger charge is 2.53. The molecule has 17 N–H and O–H groups in total. The monoisotopic (exact) mass is 1180 g/mol. The van der Waals surface area contributed by atoms with E-state index in [0.717, 1.165) is 6.92 Å². The average Bonchev–Trinajstić information content (AvgIpc) is 3.33. The molecule has 9 amide bonds. The summed E-state index contributed by atoms with van der Waals surface area (Å²) in [4.78, 5) is 133. The van der Waals surface area contributed by atoms with Crippen LogP contribution < -0.4 is 48.3 Å². The van der Waals surface area contributed by atoms with E-state index >= 15 is 0 Å². The number of amides is 9. The number of ether oxygens (including phenoxy) is 4. The molecule has 9 unspecified atom stereocenters. The topological polar surface area (TPSA) is 475 Å². The molecular weight excluding hydrogens is 1090 g/mol. The second-order valence-corrected chi connectivity index (χ2v) is 22.4. The van der Waals surface area contributed by atoms with E-state index < -0.39 is 218 Å². The first-order valence-electron chi connectivity index (χ1n) is 27.3. The van der Waals surface area contributed by atoms with Gasteiger partial charge in [-0.1, -0.05) is 55.4 Å². The van der Waals surface area contributed by atoms with Crippen LogP contribution in [0.15, 0.2) is 0 Å². The molecule has 0 spiro atoms. The lowest BCUT2D eigenvalue weighted by atomic mass is 9.95. The first kappa shape index (κ1) is 70.5. The third-order valence-electron chi connectivity index (χ3n) is 14.3. The van der Waals surface area contributed by atoms with Gasteiger partial charge >= 0.3 is 5.97 Å². The fourth-order valence-corrected chi connectivity index (χ4v) is 8.96. The molecule has 3 saturated heterocycles.